The number of carbonyl (C=O) groups excluding carboxylic acids is 1. The molecule has 0 aliphatic rings. The van der Waals surface area contributed by atoms with E-state index in [-0.39, 0.29) is 18.1 Å². The fourth-order valence-corrected chi connectivity index (χ4v) is 2.52. The number of aryl methyl sites for hydroxylation is 2. The first-order valence-corrected chi connectivity index (χ1v) is 8.09. The van der Waals surface area contributed by atoms with Gasteiger partial charge in [0.05, 0.1) is 12.0 Å². The van der Waals surface area contributed by atoms with Crippen LogP contribution in [0, 0.1) is 6.92 Å². The summed E-state index contributed by atoms with van der Waals surface area (Å²) in [6.45, 7) is 3.00. The molecule has 0 unspecified atom stereocenters. The van der Waals surface area contributed by atoms with Gasteiger partial charge in [-0.15, -0.1) is 0 Å². The molecule has 25 heavy (non-hydrogen) atoms. The summed E-state index contributed by atoms with van der Waals surface area (Å²) in [5, 5.41) is 7.07. The lowest BCUT2D eigenvalue weighted by Crippen LogP contribution is -2.34. The number of hydrogen-bond acceptors (Lipinski definition) is 4. The maximum atomic E-state index is 12.5. The molecule has 0 spiro atoms. The van der Waals surface area contributed by atoms with Gasteiger partial charge in [0.2, 0.25) is 5.91 Å². The standard InChI is InChI=1S/C17H20N6O2/c1-14-20-23(15-6-3-2-4-7-15)17(25)22(14)12-16(24)19-8-5-10-21-11-9-18-13-21/h2-4,6-7,9,11,13H,5,8,10,12H2,1H3,(H,19,24). The lowest BCUT2D eigenvalue weighted by atomic mass is 10.3. The van der Waals surface area contributed by atoms with Gasteiger partial charge in [0.25, 0.3) is 0 Å². The van der Waals surface area contributed by atoms with Crippen LogP contribution in [-0.2, 0) is 17.9 Å². The van der Waals surface area contributed by atoms with E-state index in [9.17, 15) is 9.59 Å². The SMILES string of the molecule is Cc1nn(-c2ccccc2)c(=O)n1CC(=O)NCCCn1ccnc1. The molecule has 3 aromatic rings. The van der Waals surface area contributed by atoms with Crippen LogP contribution in [0.1, 0.15) is 12.2 Å². The summed E-state index contributed by atoms with van der Waals surface area (Å²) in [7, 11) is 0. The Morgan fingerprint density at radius 2 is 2.04 bits per heavy atom. The predicted octanol–water partition coefficient (Wildman–Crippen LogP) is 0.745. The minimum atomic E-state index is -0.322. The highest BCUT2D eigenvalue weighted by atomic mass is 16.2. The number of imidazole rings is 1. The Morgan fingerprint density at radius 3 is 2.76 bits per heavy atom. The van der Waals surface area contributed by atoms with Crippen LogP contribution in [0.3, 0.4) is 0 Å². The van der Waals surface area contributed by atoms with Gasteiger partial charge in [-0.2, -0.15) is 9.78 Å². The lowest BCUT2D eigenvalue weighted by molar-refractivity contribution is -0.121. The van der Waals surface area contributed by atoms with Crippen molar-refractivity contribution >= 4 is 5.91 Å². The molecule has 0 atom stereocenters. The number of nitrogens with one attached hydrogen (secondary N) is 1. The Balaban J connectivity index is 1.58. The second kappa shape index (κ2) is 7.61. The molecule has 2 aromatic heterocycles. The summed E-state index contributed by atoms with van der Waals surface area (Å²) in [4.78, 5) is 28.5. The third-order valence-electron chi connectivity index (χ3n) is 3.82. The highest BCUT2D eigenvalue weighted by Gasteiger charge is 2.14. The minimum Gasteiger partial charge on any atom is -0.354 e. The van der Waals surface area contributed by atoms with Gasteiger partial charge in [0.15, 0.2) is 0 Å². The number of aromatic nitrogens is 5. The third kappa shape index (κ3) is 4.03. The number of para-hydroxylation sites is 1. The molecule has 130 valence electrons. The zero-order chi connectivity index (χ0) is 17.6. The summed E-state index contributed by atoms with van der Waals surface area (Å²) in [5.74, 6) is 0.297. The van der Waals surface area contributed by atoms with E-state index in [1.807, 2.05) is 29.0 Å². The van der Waals surface area contributed by atoms with Crippen LogP contribution in [0.2, 0.25) is 0 Å². The van der Waals surface area contributed by atoms with Crippen molar-refractivity contribution in [3.63, 3.8) is 0 Å². The van der Waals surface area contributed by atoms with E-state index in [4.69, 9.17) is 0 Å². The molecule has 0 bridgehead atoms. The fraction of sp³-hybridized carbons (Fsp3) is 0.294. The summed E-state index contributed by atoms with van der Waals surface area (Å²) < 4.78 is 4.63. The van der Waals surface area contributed by atoms with Gasteiger partial charge in [-0.3, -0.25) is 9.36 Å². The highest BCUT2D eigenvalue weighted by molar-refractivity contribution is 5.75. The van der Waals surface area contributed by atoms with Crippen molar-refractivity contribution in [2.24, 2.45) is 0 Å². The summed E-state index contributed by atoms with van der Waals surface area (Å²) in [5.41, 5.74) is 0.354. The largest absolute Gasteiger partial charge is 0.354 e. The number of carbonyl (C=O) groups is 1. The second-order valence-corrected chi connectivity index (χ2v) is 5.67. The van der Waals surface area contributed by atoms with Gasteiger partial charge in [0.1, 0.15) is 12.4 Å². The molecular formula is C17H20N6O2. The maximum Gasteiger partial charge on any atom is 0.351 e. The normalized spacial score (nSPS) is 10.8. The smallest absolute Gasteiger partial charge is 0.351 e. The zero-order valence-electron chi connectivity index (χ0n) is 14.0. The van der Waals surface area contributed by atoms with E-state index in [0.717, 1.165) is 13.0 Å². The Morgan fingerprint density at radius 1 is 1.24 bits per heavy atom. The Kier molecular flexibility index (Phi) is 5.08. The van der Waals surface area contributed by atoms with Crippen LogP contribution in [0.25, 0.3) is 5.69 Å². The highest BCUT2D eigenvalue weighted by Crippen LogP contribution is 2.03. The molecular weight excluding hydrogens is 320 g/mol. The van der Waals surface area contributed by atoms with Gasteiger partial charge in [-0.05, 0) is 25.5 Å². The third-order valence-corrected chi connectivity index (χ3v) is 3.82. The Bertz CT molecular complexity index is 880. The first kappa shape index (κ1) is 16.7. The maximum absolute atomic E-state index is 12.5. The lowest BCUT2D eigenvalue weighted by Gasteiger charge is -2.06. The summed E-state index contributed by atoms with van der Waals surface area (Å²) in [6.07, 6.45) is 6.13. The predicted molar refractivity (Wildman–Crippen MR) is 92.4 cm³/mol. The zero-order valence-corrected chi connectivity index (χ0v) is 14.0. The van der Waals surface area contributed by atoms with Gasteiger partial charge in [-0.25, -0.2) is 9.78 Å². The molecule has 2 heterocycles. The van der Waals surface area contributed by atoms with E-state index in [1.54, 1.807) is 31.6 Å². The second-order valence-electron chi connectivity index (χ2n) is 5.67. The average Bonchev–Trinajstić information content (AvgIpc) is 3.23. The number of nitrogens with zero attached hydrogens (tertiary/aromatic N) is 5. The summed E-state index contributed by atoms with van der Waals surface area (Å²) >= 11 is 0. The van der Waals surface area contributed by atoms with Crippen molar-refractivity contribution in [1.82, 2.24) is 29.2 Å². The Labute approximate surface area is 144 Å². The van der Waals surface area contributed by atoms with Gasteiger partial charge in [-0.1, -0.05) is 18.2 Å². The molecule has 0 saturated heterocycles. The van der Waals surface area contributed by atoms with Crippen LogP contribution >= 0.6 is 0 Å². The number of rotatable bonds is 7. The fourth-order valence-electron chi connectivity index (χ4n) is 2.52. The van der Waals surface area contributed by atoms with Crippen molar-refractivity contribution in [3.05, 3.63) is 65.4 Å². The van der Waals surface area contributed by atoms with Gasteiger partial charge in [0, 0.05) is 25.5 Å². The van der Waals surface area contributed by atoms with Crippen LogP contribution in [0.15, 0.2) is 53.8 Å². The van der Waals surface area contributed by atoms with Crippen molar-refractivity contribution < 1.29 is 4.79 Å². The number of hydrogen-bond donors (Lipinski definition) is 1. The topological polar surface area (TPSA) is 86.7 Å². The molecule has 1 amide bonds. The summed E-state index contributed by atoms with van der Waals surface area (Å²) in [6, 6.07) is 9.14. The first-order chi connectivity index (χ1) is 12.1. The van der Waals surface area contributed by atoms with Crippen molar-refractivity contribution in [2.75, 3.05) is 6.54 Å². The molecule has 1 aromatic carbocycles. The van der Waals surface area contributed by atoms with Crippen LogP contribution in [-0.4, -0.2) is 36.4 Å². The number of amides is 1. The molecule has 0 aliphatic carbocycles. The Hall–Kier alpha value is -3.16. The van der Waals surface area contributed by atoms with E-state index >= 15 is 0 Å². The van der Waals surface area contributed by atoms with Crippen LogP contribution in [0.5, 0.6) is 0 Å². The van der Waals surface area contributed by atoms with Gasteiger partial charge < -0.3 is 9.88 Å². The van der Waals surface area contributed by atoms with Crippen LogP contribution in [0.4, 0.5) is 0 Å². The van der Waals surface area contributed by atoms with Crippen molar-refractivity contribution in [1.29, 1.82) is 0 Å². The molecule has 0 saturated carbocycles. The first-order valence-electron chi connectivity index (χ1n) is 8.09. The monoisotopic (exact) mass is 340 g/mol. The molecule has 0 fully saturated rings. The van der Waals surface area contributed by atoms with Gasteiger partial charge >= 0.3 is 5.69 Å². The number of benzene rings is 1. The van der Waals surface area contributed by atoms with E-state index in [2.05, 4.69) is 15.4 Å². The quantitative estimate of drug-likeness (QED) is 0.643. The van der Waals surface area contributed by atoms with Crippen molar-refractivity contribution in [2.45, 2.75) is 26.4 Å². The molecule has 8 nitrogen and oxygen atoms in total. The average molecular weight is 340 g/mol. The molecule has 0 radical (unpaired) electrons. The molecule has 0 aliphatic heterocycles. The van der Waals surface area contributed by atoms with E-state index < -0.39 is 0 Å². The molecule has 1 N–H and O–H groups in total. The van der Waals surface area contributed by atoms with Crippen LogP contribution < -0.4 is 11.0 Å². The minimum absolute atomic E-state index is 0.0391. The van der Waals surface area contributed by atoms with Crippen molar-refractivity contribution in [3.8, 4) is 5.69 Å². The van der Waals surface area contributed by atoms with E-state index in [1.165, 1.54) is 9.25 Å². The molecule has 8 heteroatoms. The molecule has 3 rings (SSSR count). The van der Waals surface area contributed by atoms with E-state index in [0.29, 0.717) is 18.1 Å².